The number of fused-ring (bicyclic) bond motifs is 1. The summed E-state index contributed by atoms with van der Waals surface area (Å²) in [7, 11) is 0. The maximum atomic E-state index is 12.5. The highest BCUT2D eigenvalue weighted by Crippen LogP contribution is 2.35. The van der Waals surface area contributed by atoms with Gasteiger partial charge in [0.05, 0.1) is 18.8 Å². The van der Waals surface area contributed by atoms with Crippen LogP contribution in [0.2, 0.25) is 0 Å². The van der Waals surface area contributed by atoms with Gasteiger partial charge >= 0.3 is 0 Å². The molecule has 6 nitrogen and oxygen atoms in total. The molecule has 1 aliphatic rings. The molecule has 1 N–H and O–H groups in total. The van der Waals surface area contributed by atoms with Gasteiger partial charge in [-0.2, -0.15) is 0 Å². The van der Waals surface area contributed by atoms with Gasteiger partial charge in [-0.05, 0) is 54.4 Å². The highest BCUT2D eigenvalue weighted by molar-refractivity contribution is 9.10. The monoisotopic (exact) mass is 494 g/mol. The van der Waals surface area contributed by atoms with E-state index in [0.717, 1.165) is 15.8 Å². The van der Waals surface area contributed by atoms with E-state index >= 15 is 0 Å². The molecule has 0 saturated heterocycles. The fraction of sp³-hybridized carbons (Fsp3) is 0.200. The number of amides is 2. The lowest BCUT2D eigenvalue weighted by Gasteiger charge is -2.30. The number of anilines is 2. The summed E-state index contributed by atoms with van der Waals surface area (Å²) in [5, 5.41) is 2.90. The quantitative estimate of drug-likeness (QED) is 0.438. The molecule has 0 unspecified atom stereocenters. The first kappa shape index (κ1) is 21.9. The Balaban J connectivity index is 1.37. The Bertz CT molecular complexity index is 1090. The van der Waals surface area contributed by atoms with Gasteiger partial charge in [0.15, 0.2) is 6.61 Å². The Labute approximate surface area is 195 Å². The molecule has 1 heterocycles. The van der Waals surface area contributed by atoms with Crippen LogP contribution >= 0.6 is 15.9 Å². The van der Waals surface area contributed by atoms with Gasteiger partial charge in [0, 0.05) is 16.6 Å². The van der Waals surface area contributed by atoms with E-state index in [4.69, 9.17) is 9.47 Å². The van der Waals surface area contributed by atoms with E-state index in [-0.39, 0.29) is 18.4 Å². The van der Waals surface area contributed by atoms with Crippen LogP contribution in [-0.2, 0) is 16.1 Å². The van der Waals surface area contributed by atoms with Gasteiger partial charge in [0.2, 0.25) is 5.91 Å². The van der Waals surface area contributed by atoms with E-state index in [1.54, 1.807) is 23.1 Å². The molecule has 7 heteroatoms. The number of ether oxygens (including phenoxy) is 2. The summed E-state index contributed by atoms with van der Waals surface area (Å²) < 4.78 is 12.2. The molecular formula is C25H23BrN2O4. The molecule has 3 aromatic rings. The predicted molar refractivity (Wildman–Crippen MR) is 127 cm³/mol. The molecule has 0 saturated carbocycles. The third-order valence-electron chi connectivity index (χ3n) is 5.00. The molecule has 0 atom stereocenters. The molecule has 164 valence electrons. The fourth-order valence-corrected chi connectivity index (χ4v) is 3.65. The third kappa shape index (κ3) is 5.68. The van der Waals surface area contributed by atoms with Gasteiger partial charge < -0.3 is 19.7 Å². The Hall–Kier alpha value is -3.32. The number of rotatable bonds is 8. The van der Waals surface area contributed by atoms with Crippen molar-refractivity contribution in [2.45, 2.75) is 19.4 Å². The Morgan fingerprint density at radius 1 is 1.06 bits per heavy atom. The minimum Gasteiger partial charge on any atom is -0.494 e. The lowest BCUT2D eigenvalue weighted by molar-refractivity contribution is -0.121. The number of carbonyl (C=O) groups excluding carboxylic acids is 2. The van der Waals surface area contributed by atoms with E-state index in [1.807, 2.05) is 54.6 Å². The first-order chi connectivity index (χ1) is 15.6. The van der Waals surface area contributed by atoms with E-state index in [0.29, 0.717) is 43.1 Å². The van der Waals surface area contributed by atoms with Crippen LogP contribution in [0.25, 0.3) is 0 Å². The summed E-state index contributed by atoms with van der Waals surface area (Å²) in [6.45, 7) is 0.887. The smallest absolute Gasteiger partial charge is 0.265 e. The molecule has 4 rings (SSSR count). The van der Waals surface area contributed by atoms with Crippen molar-refractivity contribution >= 4 is 39.1 Å². The van der Waals surface area contributed by atoms with Crippen molar-refractivity contribution in [2.75, 3.05) is 23.4 Å². The second kappa shape index (κ2) is 10.3. The van der Waals surface area contributed by atoms with Crippen molar-refractivity contribution in [3.8, 4) is 11.5 Å². The molecule has 3 aromatic carbocycles. The summed E-state index contributed by atoms with van der Waals surface area (Å²) in [5.74, 6) is 1.18. The lowest BCUT2D eigenvalue weighted by atomic mass is 10.1. The highest BCUT2D eigenvalue weighted by atomic mass is 79.9. The SMILES string of the molecule is O=C(CCCOc1ccccc1)Nc1ccc2c(c1)N(Cc1ccc(Br)cc1)C(=O)CO2. The first-order valence-electron chi connectivity index (χ1n) is 10.4. The van der Waals surface area contributed by atoms with Gasteiger partial charge in [-0.1, -0.05) is 46.3 Å². The van der Waals surface area contributed by atoms with Crippen LogP contribution in [0.15, 0.2) is 77.3 Å². The number of benzene rings is 3. The van der Waals surface area contributed by atoms with Crippen LogP contribution in [0.3, 0.4) is 0 Å². The topological polar surface area (TPSA) is 67.9 Å². The van der Waals surface area contributed by atoms with Crippen molar-refractivity contribution in [1.29, 1.82) is 0 Å². The minimum absolute atomic E-state index is 0.00333. The number of hydrogen-bond acceptors (Lipinski definition) is 4. The standard InChI is InChI=1S/C25H23BrN2O4/c26-19-10-8-18(9-11-19)16-28-22-15-20(12-13-23(22)32-17-25(28)30)27-24(29)7-4-14-31-21-5-2-1-3-6-21/h1-3,5-6,8-13,15H,4,7,14,16-17H2,(H,27,29). The van der Waals surface area contributed by atoms with E-state index in [9.17, 15) is 9.59 Å². The number of carbonyl (C=O) groups is 2. The summed E-state index contributed by atoms with van der Waals surface area (Å²) in [6, 6.07) is 22.7. The normalized spacial score (nSPS) is 12.7. The van der Waals surface area contributed by atoms with Crippen molar-refractivity contribution in [3.63, 3.8) is 0 Å². The van der Waals surface area contributed by atoms with Crippen molar-refractivity contribution in [3.05, 3.63) is 82.8 Å². The number of para-hydroxylation sites is 1. The molecule has 0 spiro atoms. The number of halogens is 1. The zero-order chi connectivity index (χ0) is 22.3. The largest absolute Gasteiger partial charge is 0.494 e. The summed E-state index contributed by atoms with van der Waals surface area (Å²) in [6.07, 6.45) is 0.935. The Morgan fingerprint density at radius 2 is 1.84 bits per heavy atom. The maximum absolute atomic E-state index is 12.5. The maximum Gasteiger partial charge on any atom is 0.265 e. The second-order valence-corrected chi connectivity index (χ2v) is 8.31. The zero-order valence-corrected chi connectivity index (χ0v) is 19.0. The van der Waals surface area contributed by atoms with Crippen LogP contribution in [0.5, 0.6) is 11.5 Å². The van der Waals surface area contributed by atoms with Gasteiger partial charge in [-0.3, -0.25) is 9.59 Å². The molecule has 2 amide bonds. The summed E-state index contributed by atoms with van der Waals surface area (Å²) in [4.78, 5) is 26.6. The molecule has 0 aromatic heterocycles. The summed E-state index contributed by atoms with van der Waals surface area (Å²) in [5.41, 5.74) is 2.27. The van der Waals surface area contributed by atoms with Crippen LogP contribution in [0, 0.1) is 0 Å². The zero-order valence-electron chi connectivity index (χ0n) is 17.4. The van der Waals surface area contributed by atoms with Crippen molar-refractivity contribution < 1.29 is 19.1 Å². The van der Waals surface area contributed by atoms with Gasteiger partial charge in [-0.15, -0.1) is 0 Å². The average Bonchev–Trinajstić information content (AvgIpc) is 2.81. The molecule has 1 aliphatic heterocycles. The Morgan fingerprint density at radius 3 is 2.62 bits per heavy atom. The lowest BCUT2D eigenvalue weighted by Crippen LogP contribution is -2.38. The predicted octanol–water partition coefficient (Wildman–Crippen LogP) is 5.17. The third-order valence-corrected chi connectivity index (χ3v) is 5.53. The van der Waals surface area contributed by atoms with Crippen molar-refractivity contribution in [1.82, 2.24) is 0 Å². The number of hydrogen-bond donors (Lipinski definition) is 1. The van der Waals surface area contributed by atoms with E-state index < -0.39 is 0 Å². The van der Waals surface area contributed by atoms with Gasteiger partial charge in [0.1, 0.15) is 11.5 Å². The van der Waals surface area contributed by atoms with Crippen LogP contribution in [0.4, 0.5) is 11.4 Å². The number of nitrogens with one attached hydrogen (secondary N) is 1. The van der Waals surface area contributed by atoms with Gasteiger partial charge in [0.25, 0.3) is 5.91 Å². The average molecular weight is 495 g/mol. The van der Waals surface area contributed by atoms with Gasteiger partial charge in [-0.25, -0.2) is 0 Å². The molecule has 0 bridgehead atoms. The highest BCUT2D eigenvalue weighted by Gasteiger charge is 2.26. The van der Waals surface area contributed by atoms with Crippen LogP contribution in [-0.4, -0.2) is 25.0 Å². The minimum atomic E-state index is -0.123. The fourth-order valence-electron chi connectivity index (χ4n) is 3.39. The molecule has 32 heavy (non-hydrogen) atoms. The van der Waals surface area contributed by atoms with Crippen molar-refractivity contribution in [2.24, 2.45) is 0 Å². The molecular weight excluding hydrogens is 472 g/mol. The second-order valence-electron chi connectivity index (χ2n) is 7.39. The number of nitrogens with zero attached hydrogens (tertiary/aromatic N) is 1. The van der Waals surface area contributed by atoms with E-state index in [1.165, 1.54) is 0 Å². The van der Waals surface area contributed by atoms with E-state index in [2.05, 4.69) is 21.2 Å². The summed E-state index contributed by atoms with van der Waals surface area (Å²) >= 11 is 3.43. The molecule has 0 fully saturated rings. The van der Waals surface area contributed by atoms with Crippen LogP contribution in [0.1, 0.15) is 18.4 Å². The first-order valence-corrected chi connectivity index (χ1v) is 11.2. The molecule has 0 aliphatic carbocycles. The molecule has 0 radical (unpaired) electrons. The van der Waals surface area contributed by atoms with Crippen LogP contribution < -0.4 is 19.7 Å². The Kier molecular flexibility index (Phi) is 7.07.